The first-order valence-electron chi connectivity index (χ1n) is 37.3. The average molecular weight is 1330 g/mol. The zero-order valence-corrected chi connectivity index (χ0v) is 59.9. The van der Waals surface area contributed by atoms with Gasteiger partial charge in [0.1, 0.15) is 19.3 Å². The second-order valence-electron chi connectivity index (χ2n) is 25.6. The standard InChI is InChI=1S/C71H138O17P2/c1-5-9-13-17-21-25-27-29-30-31-32-33-34-35-36-37-38-40-42-46-50-54-58-71(76)88-67(62-82-69(74)56-52-48-45-41-39-28-26-22-18-14-10-6-2)64-86-90(79,80)84-60-65(72)59-83-89(77,78)85-63-66(87-70(75)57-53-49-44-24-20-16-12-8-4)61-81-68(73)55-51-47-43-23-19-15-11-7-3/h65-67,72H,5-64H2,1-4H3,(H,77,78)(H,79,80)/t65-,66+,67+/m0/s1. The van der Waals surface area contributed by atoms with Gasteiger partial charge in [-0.3, -0.25) is 37.3 Å². The highest BCUT2D eigenvalue weighted by Gasteiger charge is 2.30. The Morgan fingerprint density at radius 3 is 0.656 bits per heavy atom. The molecule has 0 fully saturated rings. The summed E-state index contributed by atoms with van der Waals surface area (Å²) in [5.41, 5.74) is 0. The van der Waals surface area contributed by atoms with Crippen LogP contribution in [-0.4, -0.2) is 96.7 Å². The van der Waals surface area contributed by atoms with E-state index >= 15 is 0 Å². The number of esters is 4. The number of aliphatic hydroxyl groups excluding tert-OH is 1. The number of rotatable bonds is 72. The summed E-state index contributed by atoms with van der Waals surface area (Å²) in [6.07, 6.45) is 54.4. The van der Waals surface area contributed by atoms with Gasteiger partial charge in [0.25, 0.3) is 0 Å². The Morgan fingerprint density at radius 1 is 0.267 bits per heavy atom. The van der Waals surface area contributed by atoms with Crippen molar-refractivity contribution in [3.05, 3.63) is 0 Å². The van der Waals surface area contributed by atoms with Gasteiger partial charge in [-0.1, -0.05) is 323 Å². The first-order valence-corrected chi connectivity index (χ1v) is 40.3. The third kappa shape index (κ3) is 64.8. The van der Waals surface area contributed by atoms with Crippen LogP contribution in [0.3, 0.4) is 0 Å². The Labute approximate surface area is 549 Å². The molecule has 0 heterocycles. The van der Waals surface area contributed by atoms with Crippen LogP contribution in [0, 0.1) is 0 Å². The van der Waals surface area contributed by atoms with Crippen LogP contribution in [0.4, 0.5) is 0 Å². The van der Waals surface area contributed by atoms with Crippen molar-refractivity contribution in [3.63, 3.8) is 0 Å². The van der Waals surface area contributed by atoms with Crippen molar-refractivity contribution in [1.82, 2.24) is 0 Å². The molecule has 3 N–H and O–H groups in total. The number of phosphoric ester groups is 2. The molecule has 0 spiro atoms. The summed E-state index contributed by atoms with van der Waals surface area (Å²) in [4.78, 5) is 72.3. The van der Waals surface area contributed by atoms with Gasteiger partial charge >= 0.3 is 39.5 Å². The predicted octanol–water partition coefficient (Wildman–Crippen LogP) is 20.7. The second kappa shape index (κ2) is 65.7. The first kappa shape index (κ1) is 88.1. The van der Waals surface area contributed by atoms with Gasteiger partial charge in [0, 0.05) is 25.7 Å². The molecule has 2 unspecified atom stereocenters. The number of unbranched alkanes of at least 4 members (excludes halogenated alkanes) is 46. The lowest BCUT2D eigenvalue weighted by Crippen LogP contribution is -2.30. The van der Waals surface area contributed by atoms with Crippen molar-refractivity contribution in [2.24, 2.45) is 0 Å². The summed E-state index contributed by atoms with van der Waals surface area (Å²) >= 11 is 0. The van der Waals surface area contributed by atoms with Crippen molar-refractivity contribution in [3.8, 4) is 0 Å². The fraction of sp³-hybridized carbons (Fsp3) is 0.944. The van der Waals surface area contributed by atoms with E-state index in [0.29, 0.717) is 25.7 Å². The molecule has 0 saturated heterocycles. The van der Waals surface area contributed by atoms with E-state index < -0.39 is 97.5 Å². The van der Waals surface area contributed by atoms with Crippen molar-refractivity contribution < 1.29 is 80.2 Å². The highest BCUT2D eigenvalue weighted by atomic mass is 31.2. The summed E-state index contributed by atoms with van der Waals surface area (Å²) in [5.74, 6) is -2.13. The fourth-order valence-corrected chi connectivity index (χ4v) is 12.4. The maximum Gasteiger partial charge on any atom is 0.472 e. The smallest absolute Gasteiger partial charge is 0.462 e. The van der Waals surface area contributed by atoms with Gasteiger partial charge in [0.2, 0.25) is 0 Å². The summed E-state index contributed by atoms with van der Waals surface area (Å²) in [5, 5.41) is 10.6. The minimum Gasteiger partial charge on any atom is -0.462 e. The zero-order valence-electron chi connectivity index (χ0n) is 58.1. The molecule has 0 aromatic rings. The van der Waals surface area contributed by atoms with Gasteiger partial charge < -0.3 is 33.8 Å². The lowest BCUT2D eigenvalue weighted by Gasteiger charge is -2.21. The molecular weight excluding hydrogens is 1190 g/mol. The quantitative estimate of drug-likeness (QED) is 0.0222. The van der Waals surface area contributed by atoms with Gasteiger partial charge in [-0.05, 0) is 25.7 Å². The number of hydrogen-bond donors (Lipinski definition) is 3. The molecule has 0 aliphatic rings. The van der Waals surface area contributed by atoms with Gasteiger partial charge in [0.15, 0.2) is 12.2 Å². The zero-order chi connectivity index (χ0) is 66.1. The molecule has 0 aliphatic carbocycles. The van der Waals surface area contributed by atoms with Crippen LogP contribution in [-0.2, 0) is 65.4 Å². The SMILES string of the molecule is CCCCCCCCCCCCCCCCCCCCCCCCC(=O)O[C@H](COC(=O)CCCCCCCCCCCCCC)COP(=O)(O)OC[C@@H](O)COP(=O)(O)OC[C@@H](COC(=O)CCCCCCCCCC)OC(=O)CCCCCCCCCC. The molecule has 0 amide bonds. The van der Waals surface area contributed by atoms with Gasteiger partial charge in [-0.25, -0.2) is 9.13 Å². The molecule has 0 saturated carbocycles. The van der Waals surface area contributed by atoms with E-state index in [4.69, 9.17) is 37.0 Å². The third-order valence-electron chi connectivity index (χ3n) is 16.6. The number of aliphatic hydroxyl groups is 1. The van der Waals surface area contributed by atoms with E-state index in [1.54, 1.807) is 0 Å². The van der Waals surface area contributed by atoms with Gasteiger partial charge in [0.05, 0.1) is 26.4 Å². The molecule has 0 rings (SSSR count). The van der Waals surface area contributed by atoms with E-state index in [1.165, 1.54) is 193 Å². The number of carbonyl (C=O) groups excluding carboxylic acids is 4. The molecule has 19 heteroatoms. The lowest BCUT2D eigenvalue weighted by molar-refractivity contribution is -0.161. The topological polar surface area (TPSA) is 237 Å². The molecule has 0 aromatic heterocycles. The van der Waals surface area contributed by atoms with Crippen molar-refractivity contribution >= 4 is 39.5 Å². The molecule has 0 aromatic carbocycles. The Balaban J connectivity index is 5.10. The Kier molecular flexibility index (Phi) is 64.3. The Morgan fingerprint density at radius 2 is 0.444 bits per heavy atom. The van der Waals surface area contributed by atoms with E-state index in [0.717, 1.165) is 103 Å². The third-order valence-corrected chi connectivity index (χ3v) is 18.5. The highest BCUT2D eigenvalue weighted by molar-refractivity contribution is 7.47. The number of carbonyl (C=O) groups is 4. The van der Waals surface area contributed by atoms with Crippen LogP contribution in [0.15, 0.2) is 0 Å². The summed E-state index contributed by atoms with van der Waals surface area (Å²) < 4.78 is 68.1. The summed E-state index contributed by atoms with van der Waals surface area (Å²) in [6.45, 7) is 4.89. The molecule has 534 valence electrons. The van der Waals surface area contributed by atoms with Crippen LogP contribution in [0.2, 0.25) is 0 Å². The van der Waals surface area contributed by atoms with Crippen LogP contribution in [0.1, 0.15) is 374 Å². The molecule has 0 radical (unpaired) electrons. The number of ether oxygens (including phenoxy) is 4. The molecule has 0 aliphatic heterocycles. The lowest BCUT2D eigenvalue weighted by atomic mass is 10.0. The Hall–Kier alpha value is -1.94. The molecule has 5 atom stereocenters. The highest BCUT2D eigenvalue weighted by Crippen LogP contribution is 2.45. The molecule has 0 bridgehead atoms. The van der Waals surface area contributed by atoms with Gasteiger partial charge in [-0.15, -0.1) is 0 Å². The largest absolute Gasteiger partial charge is 0.472 e. The predicted molar refractivity (Wildman–Crippen MR) is 363 cm³/mol. The second-order valence-corrected chi connectivity index (χ2v) is 28.5. The van der Waals surface area contributed by atoms with Crippen LogP contribution < -0.4 is 0 Å². The molecule has 90 heavy (non-hydrogen) atoms. The maximum absolute atomic E-state index is 13.0. The first-order chi connectivity index (χ1) is 43.7. The van der Waals surface area contributed by atoms with Crippen LogP contribution in [0.5, 0.6) is 0 Å². The Bertz CT molecular complexity index is 1720. The molecule has 17 nitrogen and oxygen atoms in total. The van der Waals surface area contributed by atoms with Crippen molar-refractivity contribution in [2.45, 2.75) is 393 Å². The number of hydrogen-bond acceptors (Lipinski definition) is 15. The number of phosphoric acid groups is 2. The van der Waals surface area contributed by atoms with E-state index in [-0.39, 0.29) is 25.7 Å². The fourth-order valence-electron chi connectivity index (χ4n) is 10.9. The van der Waals surface area contributed by atoms with Crippen molar-refractivity contribution in [2.75, 3.05) is 39.6 Å². The van der Waals surface area contributed by atoms with Crippen LogP contribution >= 0.6 is 15.6 Å². The van der Waals surface area contributed by atoms with Gasteiger partial charge in [-0.2, -0.15) is 0 Å². The van der Waals surface area contributed by atoms with E-state index in [2.05, 4.69) is 27.7 Å². The van der Waals surface area contributed by atoms with Crippen LogP contribution in [0.25, 0.3) is 0 Å². The van der Waals surface area contributed by atoms with Crippen molar-refractivity contribution in [1.29, 1.82) is 0 Å². The summed E-state index contributed by atoms with van der Waals surface area (Å²) in [7, 11) is -9.89. The minimum atomic E-state index is -4.95. The van der Waals surface area contributed by atoms with E-state index in [1.807, 2.05) is 0 Å². The van der Waals surface area contributed by atoms with E-state index in [9.17, 15) is 43.2 Å². The summed E-state index contributed by atoms with van der Waals surface area (Å²) in [6, 6.07) is 0. The monoisotopic (exact) mass is 1320 g/mol. The normalized spacial score (nSPS) is 14.0. The minimum absolute atomic E-state index is 0.105. The average Bonchev–Trinajstić information content (AvgIpc) is 3.73. The maximum atomic E-state index is 13.0. The molecular formula is C71H138O17P2.